The van der Waals surface area contributed by atoms with E-state index >= 15 is 0 Å². The summed E-state index contributed by atoms with van der Waals surface area (Å²) in [6, 6.07) is 0. The third-order valence-electron chi connectivity index (χ3n) is 1.63. The number of carboxylic acid groups (broad SMARTS) is 1. The summed E-state index contributed by atoms with van der Waals surface area (Å²) in [4.78, 5) is 12.2. The second-order valence-corrected chi connectivity index (χ2v) is 3.15. The van der Waals surface area contributed by atoms with Gasteiger partial charge in [-0.3, -0.25) is 4.79 Å². The summed E-state index contributed by atoms with van der Waals surface area (Å²) in [5.74, 6) is -0.739. The SMILES string of the molecule is C=C(C)CCN(C)CCC(=O)O. The van der Waals surface area contributed by atoms with Gasteiger partial charge in [-0.15, -0.1) is 6.58 Å². The minimum atomic E-state index is -0.739. The van der Waals surface area contributed by atoms with Gasteiger partial charge >= 0.3 is 5.97 Å². The molecule has 0 aromatic rings. The van der Waals surface area contributed by atoms with Gasteiger partial charge in [-0.1, -0.05) is 5.57 Å². The molecule has 0 rings (SSSR count). The summed E-state index contributed by atoms with van der Waals surface area (Å²) < 4.78 is 0. The quantitative estimate of drug-likeness (QED) is 0.613. The fourth-order valence-corrected chi connectivity index (χ4v) is 0.780. The summed E-state index contributed by atoms with van der Waals surface area (Å²) in [6.45, 7) is 7.26. The second-order valence-electron chi connectivity index (χ2n) is 3.15. The van der Waals surface area contributed by atoms with Crippen LogP contribution in [0.25, 0.3) is 0 Å². The van der Waals surface area contributed by atoms with E-state index in [1.807, 2.05) is 18.9 Å². The van der Waals surface area contributed by atoms with Crippen LogP contribution in [0.15, 0.2) is 12.2 Å². The normalized spacial score (nSPS) is 10.2. The van der Waals surface area contributed by atoms with Gasteiger partial charge in [0.15, 0.2) is 0 Å². The van der Waals surface area contributed by atoms with Crippen molar-refractivity contribution in [3.8, 4) is 0 Å². The summed E-state index contributed by atoms with van der Waals surface area (Å²) in [6.07, 6.45) is 1.16. The first-order valence-corrected chi connectivity index (χ1v) is 4.07. The zero-order chi connectivity index (χ0) is 9.56. The predicted molar refractivity (Wildman–Crippen MR) is 49.2 cm³/mol. The molecular formula is C9H17NO2. The third-order valence-corrected chi connectivity index (χ3v) is 1.63. The van der Waals surface area contributed by atoms with Gasteiger partial charge in [0.05, 0.1) is 6.42 Å². The third kappa shape index (κ3) is 7.28. The lowest BCUT2D eigenvalue weighted by molar-refractivity contribution is -0.137. The largest absolute Gasteiger partial charge is 0.481 e. The molecule has 3 heteroatoms. The van der Waals surface area contributed by atoms with E-state index in [2.05, 4.69) is 6.58 Å². The monoisotopic (exact) mass is 171 g/mol. The Morgan fingerprint density at radius 3 is 2.33 bits per heavy atom. The molecular weight excluding hydrogens is 154 g/mol. The lowest BCUT2D eigenvalue weighted by Gasteiger charge is -2.14. The first-order chi connectivity index (χ1) is 5.52. The molecule has 0 atom stereocenters. The van der Waals surface area contributed by atoms with E-state index in [0.717, 1.165) is 18.5 Å². The Morgan fingerprint density at radius 1 is 1.42 bits per heavy atom. The summed E-state index contributed by atoms with van der Waals surface area (Å²) >= 11 is 0. The van der Waals surface area contributed by atoms with Crippen molar-refractivity contribution < 1.29 is 9.90 Å². The molecule has 70 valence electrons. The van der Waals surface area contributed by atoms with Crippen molar-refractivity contribution in [1.82, 2.24) is 4.90 Å². The number of nitrogens with zero attached hydrogens (tertiary/aromatic N) is 1. The molecule has 0 aliphatic rings. The van der Waals surface area contributed by atoms with E-state index in [4.69, 9.17) is 5.11 Å². The molecule has 0 unspecified atom stereocenters. The lowest BCUT2D eigenvalue weighted by atomic mass is 10.2. The van der Waals surface area contributed by atoms with E-state index in [9.17, 15) is 4.79 Å². The van der Waals surface area contributed by atoms with E-state index in [1.54, 1.807) is 0 Å². The van der Waals surface area contributed by atoms with Gasteiger partial charge in [0, 0.05) is 13.1 Å². The highest BCUT2D eigenvalue weighted by Gasteiger charge is 2.01. The van der Waals surface area contributed by atoms with E-state index in [0.29, 0.717) is 6.54 Å². The standard InChI is InChI=1S/C9H17NO2/c1-8(2)4-6-10(3)7-5-9(11)12/h1,4-7H2,2-3H3,(H,11,12). The highest BCUT2D eigenvalue weighted by molar-refractivity contribution is 5.66. The zero-order valence-electron chi connectivity index (χ0n) is 7.84. The Labute approximate surface area is 73.7 Å². The molecule has 0 aromatic heterocycles. The van der Waals surface area contributed by atoms with Crippen molar-refractivity contribution in [2.24, 2.45) is 0 Å². The maximum Gasteiger partial charge on any atom is 0.304 e. The van der Waals surface area contributed by atoms with Crippen molar-refractivity contribution in [2.75, 3.05) is 20.1 Å². The van der Waals surface area contributed by atoms with Gasteiger partial charge in [-0.2, -0.15) is 0 Å². The van der Waals surface area contributed by atoms with Gasteiger partial charge in [-0.25, -0.2) is 0 Å². The van der Waals surface area contributed by atoms with Crippen LogP contribution >= 0.6 is 0 Å². The first kappa shape index (κ1) is 11.2. The van der Waals surface area contributed by atoms with Crippen molar-refractivity contribution in [3.63, 3.8) is 0 Å². The van der Waals surface area contributed by atoms with Crippen molar-refractivity contribution in [1.29, 1.82) is 0 Å². The first-order valence-electron chi connectivity index (χ1n) is 4.07. The van der Waals surface area contributed by atoms with Crippen molar-refractivity contribution in [3.05, 3.63) is 12.2 Å². The molecule has 0 saturated heterocycles. The molecule has 0 saturated carbocycles. The van der Waals surface area contributed by atoms with Crippen molar-refractivity contribution in [2.45, 2.75) is 19.8 Å². The average molecular weight is 171 g/mol. The number of hydrogen-bond donors (Lipinski definition) is 1. The average Bonchev–Trinajstić information content (AvgIpc) is 1.96. The Hall–Kier alpha value is -0.830. The molecule has 0 aromatic carbocycles. The summed E-state index contributed by atoms with van der Waals surface area (Å²) in [5.41, 5.74) is 1.14. The van der Waals surface area contributed by atoms with Crippen LogP contribution in [-0.2, 0) is 4.79 Å². The molecule has 0 radical (unpaired) electrons. The van der Waals surface area contributed by atoms with Gasteiger partial charge < -0.3 is 10.0 Å². The molecule has 1 N–H and O–H groups in total. The smallest absolute Gasteiger partial charge is 0.304 e. The van der Waals surface area contributed by atoms with Crippen molar-refractivity contribution >= 4 is 5.97 Å². The van der Waals surface area contributed by atoms with Gasteiger partial charge in [0.25, 0.3) is 0 Å². The maximum absolute atomic E-state index is 10.2. The Bertz CT molecular complexity index is 148. The van der Waals surface area contributed by atoms with Crippen LogP contribution in [0.3, 0.4) is 0 Å². The maximum atomic E-state index is 10.2. The fraction of sp³-hybridized carbons (Fsp3) is 0.667. The van der Waals surface area contributed by atoms with Crippen LogP contribution in [0.1, 0.15) is 19.8 Å². The number of aliphatic carboxylic acids is 1. The number of hydrogen-bond acceptors (Lipinski definition) is 2. The van der Waals surface area contributed by atoms with Crippen LogP contribution in [0, 0.1) is 0 Å². The molecule has 0 spiro atoms. The van der Waals surface area contributed by atoms with Gasteiger partial charge in [0.1, 0.15) is 0 Å². The number of carboxylic acids is 1. The lowest BCUT2D eigenvalue weighted by Crippen LogP contribution is -2.22. The summed E-state index contributed by atoms with van der Waals surface area (Å²) in [5, 5.41) is 8.40. The minimum absolute atomic E-state index is 0.215. The highest BCUT2D eigenvalue weighted by Crippen LogP contribution is 1.97. The second kappa shape index (κ2) is 5.77. The summed E-state index contributed by atoms with van der Waals surface area (Å²) in [7, 11) is 1.92. The zero-order valence-corrected chi connectivity index (χ0v) is 7.84. The molecule has 0 amide bonds. The number of carbonyl (C=O) groups is 1. The Morgan fingerprint density at radius 2 is 1.92 bits per heavy atom. The van der Waals surface area contributed by atoms with Crippen LogP contribution in [0.2, 0.25) is 0 Å². The molecule has 0 fully saturated rings. The minimum Gasteiger partial charge on any atom is -0.481 e. The molecule has 0 aliphatic carbocycles. The van der Waals surface area contributed by atoms with E-state index in [-0.39, 0.29) is 6.42 Å². The molecule has 0 heterocycles. The Balaban J connectivity index is 3.39. The number of rotatable bonds is 6. The highest BCUT2D eigenvalue weighted by atomic mass is 16.4. The van der Waals surface area contributed by atoms with E-state index < -0.39 is 5.97 Å². The van der Waals surface area contributed by atoms with Gasteiger partial charge in [0.2, 0.25) is 0 Å². The molecule has 0 aliphatic heterocycles. The Kier molecular flexibility index (Phi) is 5.37. The van der Waals surface area contributed by atoms with Gasteiger partial charge in [-0.05, 0) is 20.4 Å². The topological polar surface area (TPSA) is 40.5 Å². The van der Waals surface area contributed by atoms with E-state index in [1.165, 1.54) is 0 Å². The molecule has 12 heavy (non-hydrogen) atoms. The van der Waals surface area contributed by atoms with Crippen LogP contribution < -0.4 is 0 Å². The predicted octanol–water partition coefficient (Wildman–Crippen LogP) is 1.36. The van der Waals surface area contributed by atoms with Crippen LogP contribution in [0.4, 0.5) is 0 Å². The van der Waals surface area contributed by atoms with Crippen LogP contribution in [0.5, 0.6) is 0 Å². The van der Waals surface area contributed by atoms with Crippen LogP contribution in [-0.4, -0.2) is 36.1 Å². The fourth-order valence-electron chi connectivity index (χ4n) is 0.780. The molecule has 0 bridgehead atoms. The molecule has 3 nitrogen and oxygen atoms in total.